The van der Waals surface area contributed by atoms with E-state index in [2.05, 4.69) is 50.2 Å². The zero-order valence-corrected chi connectivity index (χ0v) is 20.2. The minimum Gasteiger partial charge on any atom is -0.443 e. The van der Waals surface area contributed by atoms with Crippen molar-refractivity contribution >= 4 is 12.0 Å². The molecule has 1 heterocycles. The maximum atomic E-state index is 13.2. The fraction of sp³-hybridized carbons (Fsp3) is 0.407. The Hall–Kier alpha value is -3.08. The number of ether oxygens (including phenoxy) is 1. The number of hydrogen-bond acceptors (Lipinski definition) is 4. The number of hydrogen-bond donors (Lipinski definition) is 0. The molecular formula is C27H34N2O3. The van der Waals surface area contributed by atoms with Gasteiger partial charge in [-0.2, -0.15) is 0 Å². The Bertz CT molecular complexity index is 999. The number of amides is 2. The lowest BCUT2D eigenvalue weighted by atomic mass is 9.76. The highest BCUT2D eigenvalue weighted by Crippen LogP contribution is 2.40. The Morgan fingerprint density at radius 1 is 0.969 bits per heavy atom. The van der Waals surface area contributed by atoms with Gasteiger partial charge in [0.1, 0.15) is 5.60 Å². The summed E-state index contributed by atoms with van der Waals surface area (Å²) in [5.41, 5.74) is 2.81. The van der Waals surface area contributed by atoms with Crippen LogP contribution in [0.25, 0.3) is 11.1 Å². The highest BCUT2D eigenvalue weighted by molar-refractivity contribution is 6.05. The van der Waals surface area contributed by atoms with Gasteiger partial charge in [0.2, 0.25) is 0 Å². The summed E-state index contributed by atoms with van der Waals surface area (Å²) >= 11 is 0. The second-order valence-electron chi connectivity index (χ2n) is 10.2. The molecule has 0 bridgehead atoms. The van der Waals surface area contributed by atoms with Crippen molar-refractivity contribution in [2.75, 3.05) is 14.1 Å². The van der Waals surface area contributed by atoms with Crippen molar-refractivity contribution in [3.63, 3.8) is 0 Å². The molecule has 5 nitrogen and oxygen atoms in total. The minimum absolute atomic E-state index is 0.285. The molecule has 1 unspecified atom stereocenters. The van der Waals surface area contributed by atoms with E-state index in [1.807, 2.05) is 58.0 Å². The number of rotatable bonds is 4. The summed E-state index contributed by atoms with van der Waals surface area (Å²) in [4.78, 5) is 29.4. The number of carbonyl (C=O) groups excluding carboxylic acids is 2. The zero-order chi connectivity index (χ0) is 23.7. The summed E-state index contributed by atoms with van der Waals surface area (Å²) in [6.07, 6.45) is 1.68. The molecule has 0 radical (unpaired) electrons. The maximum absolute atomic E-state index is 13.2. The molecule has 3 rings (SSSR count). The van der Waals surface area contributed by atoms with Crippen LogP contribution in [-0.4, -0.2) is 47.5 Å². The molecule has 0 spiro atoms. The van der Waals surface area contributed by atoms with Crippen molar-refractivity contribution < 1.29 is 14.3 Å². The van der Waals surface area contributed by atoms with Crippen molar-refractivity contribution in [3.8, 4) is 11.1 Å². The Balaban J connectivity index is 1.97. The van der Waals surface area contributed by atoms with E-state index in [4.69, 9.17) is 4.74 Å². The van der Waals surface area contributed by atoms with Crippen LogP contribution in [0.2, 0.25) is 0 Å². The molecule has 0 aromatic heterocycles. The van der Waals surface area contributed by atoms with Crippen LogP contribution in [0, 0.1) is 0 Å². The first-order valence-electron chi connectivity index (χ1n) is 11.0. The molecule has 1 saturated heterocycles. The Kier molecular flexibility index (Phi) is 6.49. The van der Waals surface area contributed by atoms with Gasteiger partial charge in [-0.3, -0.25) is 4.79 Å². The van der Waals surface area contributed by atoms with Crippen LogP contribution in [0.1, 0.15) is 46.6 Å². The topological polar surface area (TPSA) is 49.9 Å². The molecular weight excluding hydrogens is 400 g/mol. The standard InChI is InChI=1S/C27H34N2O3/c1-26(2,3)32-25(31)29-23(17-21(24(29)30)18-28(6)7)27(4,5)22-15-13-20(14-16-22)19-11-9-8-10-12-19/h8-16,18,23H,17H2,1-7H3/b21-18-. The van der Waals surface area contributed by atoms with Crippen LogP contribution < -0.4 is 0 Å². The normalized spacial score (nSPS) is 18.2. The Morgan fingerprint density at radius 3 is 2.06 bits per heavy atom. The molecule has 1 aliphatic rings. The van der Waals surface area contributed by atoms with Gasteiger partial charge in [0.25, 0.3) is 5.91 Å². The second kappa shape index (κ2) is 8.81. The summed E-state index contributed by atoms with van der Waals surface area (Å²) in [6.45, 7) is 9.59. The van der Waals surface area contributed by atoms with Crippen molar-refractivity contribution in [1.82, 2.24) is 9.80 Å². The lowest BCUT2D eigenvalue weighted by molar-refractivity contribution is -0.126. The minimum atomic E-state index is -0.683. The van der Waals surface area contributed by atoms with E-state index in [-0.39, 0.29) is 11.9 Å². The van der Waals surface area contributed by atoms with E-state index in [1.165, 1.54) is 4.90 Å². The molecule has 170 valence electrons. The number of likely N-dealkylation sites (tertiary alicyclic amines) is 1. The van der Waals surface area contributed by atoms with Gasteiger partial charge in [-0.1, -0.05) is 68.4 Å². The van der Waals surface area contributed by atoms with Crippen LogP contribution in [0.15, 0.2) is 66.4 Å². The van der Waals surface area contributed by atoms with Gasteiger partial charge in [-0.05, 0) is 37.5 Å². The lowest BCUT2D eigenvalue weighted by Gasteiger charge is -2.37. The highest BCUT2D eigenvalue weighted by Gasteiger charge is 2.49. The number of benzene rings is 2. The van der Waals surface area contributed by atoms with E-state index in [9.17, 15) is 9.59 Å². The monoisotopic (exact) mass is 434 g/mol. The maximum Gasteiger partial charge on any atom is 0.417 e. The van der Waals surface area contributed by atoms with Crippen LogP contribution >= 0.6 is 0 Å². The van der Waals surface area contributed by atoms with Gasteiger partial charge >= 0.3 is 6.09 Å². The predicted octanol–water partition coefficient (Wildman–Crippen LogP) is 5.61. The fourth-order valence-electron chi connectivity index (χ4n) is 4.12. The third kappa shape index (κ3) is 5.04. The van der Waals surface area contributed by atoms with Gasteiger partial charge in [-0.15, -0.1) is 0 Å². The van der Waals surface area contributed by atoms with Gasteiger partial charge in [0.05, 0.1) is 6.04 Å². The molecule has 2 amide bonds. The van der Waals surface area contributed by atoms with E-state index in [1.54, 1.807) is 6.20 Å². The van der Waals surface area contributed by atoms with Crippen LogP contribution in [-0.2, 0) is 14.9 Å². The van der Waals surface area contributed by atoms with E-state index in [0.717, 1.165) is 16.7 Å². The van der Waals surface area contributed by atoms with Crippen molar-refractivity contribution in [1.29, 1.82) is 0 Å². The first-order valence-corrected chi connectivity index (χ1v) is 11.0. The Morgan fingerprint density at radius 2 is 1.53 bits per heavy atom. The summed E-state index contributed by atoms with van der Waals surface area (Å²) in [6, 6.07) is 18.2. The van der Waals surface area contributed by atoms with Crippen LogP contribution in [0.5, 0.6) is 0 Å². The summed E-state index contributed by atoms with van der Waals surface area (Å²) in [5.74, 6) is -0.285. The SMILES string of the molecule is CN(C)/C=C1/CC(C(C)(C)c2ccc(-c3ccccc3)cc2)N(C(=O)OC(C)(C)C)C1=O. The number of carbonyl (C=O) groups is 2. The van der Waals surface area contributed by atoms with Crippen LogP contribution in [0.4, 0.5) is 4.79 Å². The van der Waals surface area contributed by atoms with Gasteiger partial charge in [0.15, 0.2) is 0 Å². The summed E-state index contributed by atoms with van der Waals surface area (Å²) in [5, 5.41) is 0. The van der Waals surface area contributed by atoms with E-state index >= 15 is 0 Å². The van der Waals surface area contributed by atoms with Crippen molar-refractivity contribution in [2.24, 2.45) is 0 Å². The van der Waals surface area contributed by atoms with Gasteiger partial charge in [0, 0.05) is 37.7 Å². The lowest BCUT2D eigenvalue weighted by Crippen LogP contribution is -2.49. The van der Waals surface area contributed by atoms with Gasteiger partial charge < -0.3 is 9.64 Å². The summed E-state index contributed by atoms with van der Waals surface area (Å²) in [7, 11) is 3.75. The van der Waals surface area contributed by atoms with Crippen molar-refractivity contribution in [3.05, 3.63) is 71.9 Å². The molecule has 0 N–H and O–H groups in total. The second-order valence-corrected chi connectivity index (χ2v) is 10.2. The first kappa shape index (κ1) is 23.6. The fourth-order valence-corrected chi connectivity index (χ4v) is 4.12. The molecule has 32 heavy (non-hydrogen) atoms. The molecule has 5 heteroatoms. The average molecular weight is 435 g/mol. The number of nitrogens with zero attached hydrogens (tertiary/aromatic N) is 2. The highest BCUT2D eigenvalue weighted by atomic mass is 16.6. The Labute approximate surface area is 191 Å². The van der Waals surface area contributed by atoms with E-state index in [0.29, 0.717) is 12.0 Å². The molecule has 1 aliphatic heterocycles. The largest absolute Gasteiger partial charge is 0.443 e. The molecule has 1 fully saturated rings. The third-order valence-electron chi connectivity index (χ3n) is 5.79. The van der Waals surface area contributed by atoms with Crippen molar-refractivity contribution in [2.45, 2.75) is 58.1 Å². The third-order valence-corrected chi connectivity index (χ3v) is 5.79. The smallest absolute Gasteiger partial charge is 0.417 e. The molecule has 2 aromatic rings. The van der Waals surface area contributed by atoms with Gasteiger partial charge in [-0.25, -0.2) is 9.69 Å². The average Bonchev–Trinajstić information content (AvgIpc) is 3.04. The van der Waals surface area contributed by atoms with Crippen LogP contribution in [0.3, 0.4) is 0 Å². The predicted molar refractivity (Wildman–Crippen MR) is 128 cm³/mol. The summed E-state index contributed by atoms with van der Waals surface area (Å²) < 4.78 is 5.61. The zero-order valence-electron chi connectivity index (χ0n) is 20.2. The van der Waals surface area contributed by atoms with E-state index < -0.39 is 17.1 Å². The molecule has 0 aliphatic carbocycles. The molecule has 2 aromatic carbocycles. The number of imide groups is 1. The first-order chi connectivity index (χ1) is 14.9. The molecule has 1 atom stereocenters. The quantitative estimate of drug-likeness (QED) is 0.587. The molecule has 0 saturated carbocycles.